The minimum atomic E-state index is 0.383. The van der Waals surface area contributed by atoms with E-state index in [4.69, 9.17) is 18.9 Å². The zero-order chi connectivity index (χ0) is 18.8. The first-order valence-electron chi connectivity index (χ1n) is 8.78. The van der Waals surface area contributed by atoms with Crippen LogP contribution >= 0.6 is 9.24 Å². The van der Waals surface area contributed by atoms with Crippen molar-refractivity contribution in [3.63, 3.8) is 0 Å². The average molecular weight is 384 g/mol. The molecule has 0 amide bonds. The van der Waals surface area contributed by atoms with E-state index < -0.39 is 0 Å². The average Bonchev–Trinajstić information content (AvgIpc) is 2.70. The molecule has 0 aliphatic carbocycles. The molecule has 1 saturated heterocycles. The van der Waals surface area contributed by atoms with Crippen LogP contribution in [0.1, 0.15) is 10.4 Å². The standard InChI is InChI=1S/C18H29N2O5P/c1-22-16-11-15(13-21)12-17(23-2)18(16)25-10-9-24-8-7-19-3-5-20(14-26)6-4-19/h11-13H,3-10,14,26H2,1-2H3. The Balaban J connectivity index is 1.70. The molecular weight excluding hydrogens is 355 g/mol. The lowest BCUT2D eigenvalue weighted by molar-refractivity contribution is 0.0639. The van der Waals surface area contributed by atoms with Gasteiger partial charge in [-0.3, -0.25) is 14.6 Å². The van der Waals surface area contributed by atoms with Gasteiger partial charge in [0.25, 0.3) is 0 Å². The predicted molar refractivity (Wildman–Crippen MR) is 104 cm³/mol. The summed E-state index contributed by atoms with van der Waals surface area (Å²) in [5.41, 5.74) is 0.476. The molecule has 0 spiro atoms. The fraction of sp³-hybridized carbons (Fsp3) is 0.611. The minimum Gasteiger partial charge on any atom is -0.493 e. The van der Waals surface area contributed by atoms with E-state index in [1.165, 1.54) is 14.2 Å². The minimum absolute atomic E-state index is 0.383. The molecule has 0 saturated carbocycles. The summed E-state index contributed by atoms with van der Waals surface area (Å²) in [6, 6.07) is 3.25. The second kappa shape index (κ2) is 11.3. The van der Waals surface area contributed by atoms with E-state index in [2.05, 4.69) is 19.0 Å². The fourth-order valence-corrected chi connectivity index (χ4v) is 3.17. The molecule has 0 aromatic heterocycles. The summed E-state index contributed by atoms with van der Waals surface area (Å²) in [4.78, 5) is 15.8. The van der Waals surface area contributed by atoms with Crippen molar-refractivity contribution in [2.45, 2.75) is 0 Å². The van der Waals surface area contributed by atoms with Gasteiger partial charge in [0.1, 0.15) is 12.9 Å². The lowest BCUT2D eigenvalue weighted by Crippen LogP contribution is -2.46. The second-order valence-electron chi connectivity index (χ2n) is 5.98. The molecule has 26 heavy (non-hydrogen) atoms. The maximum Gasteiger partial charge on any atom is 0.203 e. The van der Waals surface area contributed by atoms with Crippen LogP contribution in [0.4, 0.5) is 0 Å². The number of carbonyl (C=O) groups is 1. The van der Waals surface area contributed by atoms with Crippen LogP contribution in [-0.2, 0) is 4.74 Å². The third-order valence-electron chi connectivity index (χ3n) is 4.37. The van der Waals surface area contributed by atoms with Gasteiger partial charge in [0.2, 0.25) is 5.75 Å². The third-order valence-corrected chi connectivity index (χ3v) is 4.88. The van der Waals surface area contributed by atoms with E-state index in [0.29, 0.717) is 42.6 Å². The Kier molecular flexibility index (Phi) is 9.12. The van der Waals surface area contributed by atoms with Gasteiger partial charge in [0.05, 0.1) is 27.4 Å². The van der Waals surface area contributed by atoms with E-state index in [1.807, 2.05) is 0 Å². The summed E-state index contributed by atoms with van der Waals surface area (Å²) in [5, 5.41) is 0. The van der Waals surface area contributed by atoms with Crippen LogP contribution in [0.2, 0.25) is 0 Å². The first kappa shape index (κ1) is 20.9. The van der Waals surface area contributed by atoms with Gasteiger partial charge >= 0.3 is 0 Å². The van der Waals surface area contributed by atoms with Gasteiger partial charge in [-0.15, -0.1) is 9.24 Å². The van der Waals surface area contributed by atoms with E-state index in [-0.39, 0.29) is 0 Å². The van der Waals surface area contributed by atoms with Gasteiger partial charge in [-0.1, -0.05) is 0 Å². The molecule has 0 bridgehead atoms. The second-order valence-corrected chi connectivity index (χ2v) is 6.34. The molecule has 1 aromatic carbocycles. The van der Waals surface area contributed by atoms with E-state index in [9.17, 15) is 4.79 Å². The van der Waals surface area contributed by atoms with Gasteiger partial charge in [-0.2, -0.15) is 0 Å². The van der Waals surface area contributed by atoms with Gasteiger partial charge in [-0.05, 0) is 12.1 Å². The summed E-state index contributed by atoms with van der Waals surface area (Å²) in [6.45, 7) is 6.89. The Bertz CT molecular complexity index is 540. The number of piperazine rings is 1. The number of ether oxygens (including phenoxy) is 4. The summed E-state index contributed by atoms with van der Waals surface area (Å²) >= 11 is 0. The maximum atomic E-state index is 11.0. The number of hydrogen-bond acceptors (Lipinski definition) is 7. The number of nitrogens with zero attached hydrogens (tertiary/aromatic N) is 2. The van der Waals surface area contributed by atoms with Crippen molar-refractivity contribution in [1.29, 1.82) is 0 Å². The van der Waals surface area contributed by atoms with Crippen molar-refractivity contribution < 1.29 is 23.7 Å². The molecule has 1 aromatic rings. The lowest BCUT2D eigenvalue weighted by atomic mass is 10.2. The number of aldehydes is 1. The van der Waals surface area contributed by atoms with Crippen molar-refractivity contribution in [1.82, 2.24) is 9.80 Å². The Labute approximate surface area is 157 Å². The van der Waals surface area contributed by atoms with Crippen molar-refractivity contribution in [3.8, 4) is 17.2 Å². The highest BCUT2D eigenvalue weighted by atomic mass is 31.0. The Morgan fingerprint density at radius 2 is 1.62 bits per heavy atom. The van der Waals surface area contributed by atoms with Gasteiger partial charge < -0.3 is 18.9 Å². The zero-order valence-corrected chi connectivity index (χ0v) is 16.8. The van der Waals surface area contributed by atoms with Crippen molar-refractivity contribution in [2.75, 3.05) is 73.0 Å². The molecule has 7 nitrogen and oxygen atoms in total. The van der Waals surface area contributed by atoms with Gasteiger partial charge in [0.15, 0.2) is 11.5 Å². The molecule has 0 N–H and O–H groups in total. The summed E-state index contributed by atoms with van der Waals surface area (Å²) in [6.07, 6.45) is 1.79. The molecule has 1 unspecified atom stereocenters. The predicted octanol–water partition coefficient (Wildman–Crippen LogP) is 1.36. The first-order chi connectivity index (χ1) is 12.7. The smallest absolute Gasteiger partial charge is 0.203 e. The molecule has 1 atom stereocenters. The molecule has 8 heteroatoms. The van der Waals surface area contributed by atoms with Crippen molar-refractivity contribution in [2.24, 2.45) is 0 Å². The van der Waals surface area contributed by atoms with Crippen LogP contribution in [0.5, 0.6) is 17.2 Å². The SMILES string of the molecule is COc1cc(C=O)cc(OC)c1OCCOCCN1CCN(CP)CC1. The normalized spacial score (nSPS) is 15.7. The fourth-order valence-electron chi connectivity index (χ4n) is 2.80. The molecule has 2 rings (SSSR count). The highest BCUT2D eigenvalue weighted by molar-refractivity contribution is 7.16. The molecule has 1 fully saturated rings. The Morgan fingerprint density at radius 1 is 1.00 bits per heavy atom. The number of methoxy groups -OCH3 is 2. The first-order valence-corrected chi connectivity index (χ1v) is 9.60. The zero-order valence-electron chi connectivity index (χ0n) is 15.6. The Morgan fingerprint density at radius 3 is 2.15 bits per heavy atom. The van der Waals surface area contributed by atoms with Crippen LogP contribution in [0.25, 0.3) is 0 Å². The molecule has 146 valence electrons. The summed E-state index contributed by atoms with van der Waals surface area (Å²) in [5.74, 6) is 1.43. The number of benzene rings is 1. The molecule has 0 radical (unpaired) electrons. The third kappa shape index (κ3) is 6.09. The number of carbonyl (C=O) groups excluding carboxylic acids is 1. The highest BCUT2D eigenvalue weighted by Gasteiger charge is 2.15. The molecule has 1 aliphatic heterocycles. The highest BCUT2D eigenvalue weighted by Crippen LogP contribution is 2.38. The summed E-state index contributed by atoms with van der Waals surface area (Å²) in [7, 11) is 5.84. The quantitative estimate of drug-likeness (QED) is 0.324. The van der Waals surface area contributed by atoms with Crippen molar-refractivity contribution in [3.05, 3.63) is 17.7 Å². The van der Waals surface area contributed by atoms with Crippen LogP contribution < -0.4 is 14.2 Å². The number of hydrogen-bond donors (Lipinski definition) is 0. The van der Waals surface area contributed by atoms with Crippen LogP contribution in [0, 0.1) is 0 Å². The lowest BCUT2D eigenvalue weighted by Gasteiger charge is -2.33. The van der Waals surface area contributed by atoms with E-state index in [0.717, 1.165) is 45.3 Å². The number of rotatable bonds is 11. The maximum absolute atomic E-state index is 11.0. The van der Waals surface area contributed by atoms with Crippen LogP contribution in [0.15, 0.2) is 12.1 Å². The van der Waals surface area contributed by atoms with Crippen molar-refractivity contribution >= 4 is 15.5 Å². The van der Waals surface area contributed by atoms with E-state index >= 15 is 0 Å². The summed E-state index contributed by atoms with van der Waals surface area (Å²) < 4.78 is 22.0. The van der Waals surface area contributed by atoms with Crippen LogP contribution in [-0.4, -0.2) is 89.1 Å². The molecule has 1 aliphatic rings. The van der Waals surface area contributed by atoms with Gasteiger partial charge in [0, 0.05) is 44.6 Å². The molecular formula is C18H29N2O5P. The largest absolute Gasteiger partial charge is 0.493 e. The van der Waals surface area contributed by atoms with Gasteiger partial charge in [-0.25, -0.2) is 0 Å². The topological polar surface area (TPSA) is 60.5 Å². The van der Waals surface area contributed by atoms with Crippen LogP contribution in [0.3, 0.4) is 0 Å². The Hall–Kier alpha value is -1.40. The monoisotopic (exact) mass is 384 g/mol. The molecule has 1 heterocycles. The van der Waals surface area contributed by atoms with E-state index in [1.54, 1.807) is 12.1 Å².